The lowest BCUT2D eigenvalue weighted by atomic mass is 10.2. The van der Waals surface area contributed by atoms with E-state index in [9.17, 15) is 4.79 Å². The Morgan fingerprint density at radius 3 is 2.90 bits per heavy atom. The zero-order chi connectivity index (χ0) is 14.5. The molecule has 2 aromatic rings. The number of amides is 2. The predicted octanol–water partition coefficient (Wildman–Crippen LogP) is 3.73. The molecule has 3 rings (SSSR count). The summed E-state index contributed by atoms with van der Waals surface area (Å²) < 4.78 is 0. The third-order valence-corrected chi connectivity index (χ3v) is 4.60. The number of nitrogens with zero attached hydrogens (tertiary/aromatic N) is 1. The van der Waals surface area contributed by atoms with Crippen molar-refractivity contribution >= 4 is 17.4 Å². The number of thiophene rings is 1. The maximum atomic E-state index is 12.2. The topological polar surface area (TPSA) is 41.6 Å². The fourth-order valence-electron chi connectivity index (χ4n) is 2.60. The van der Waals surface area contributed by atoms with Crippen molar-refractivity contribution in [2.75, 3.05) is 6.54 Å². The molecule has 0 bridgehead atoms. The second kappa shape index (κ2) is 6.74. The number of benzene rings is 1. The van der Waals surface area contributed by atoms with Gasteiger partial charge in [0.05, 0.1) is 12.6 Å². The van der Waals surface area contributed by atoms with E-state index in [1.807, 2.05) is 41.3 Å². The molecule has 21 heavy (non-hydrogen) atoms. The third kappa shape index (κ3) is 3.43. The number of hydroxylamine groups is 1. The summed E-state index contributed by atoms with van der Waals surface area (Å²) in [5, 5.41) is 2.05. The van der Waals surface area contributed by atoms with Crippen LogP contribution in [0.3, 0.4) is 0 Å². The average molecular weight is 302 g/mol. The van der Waals surface area contributed by atoms with Gasteiger partial charge in [-0.1, -0.05) is 36.4 Å². The van der Waals surface area contributed by atoms with E-state index < -0.39 is 0 Å². The summed E-state index contributed by atoms with van der Waals surface area (Å²) in [6, 6.07) is 13.9. The van der Waals surface area contributed by atoms with Crippen LogP contribution in [-0.2, 0) is 11.4 Å². The molecular weight excluding hydrogens is 284 g/mol. The fourth-order valence-corrected chi connectivity index (χ4v) is 3.47. The molecule has 1 aliphatic heterocycles. The van der Waals surface area contributed by atoms with Crippen LogP contribution in [0.1, 0.15) is 29.3 Å². The van der Waals surface area contributed by atoms with E-state index >= 15 is 0 Å². The van der Waals surface area contributed by atoms with Gasteiger partial charge in [0, 0.05) is 11.4 Å². The highest BCUT2D eigenvalue weighted by Crippen LogP contribution is 2.34. The van der Waals surface area contributed by atoms with Gasteiger partial charge in [-0.05, 0) is 29.9 Å². The highest BCUT2D eigenvalue weighted by Gasteiger charge is 2.30. The molecule has 1 N–H and O–H groups in total. The van der Waals surface area contributed by atoms with Gasteiger partial charge in [-0.2, -0.15) is 0 Å². The van der Waals surface area contributed by atoms with E-state index in [-0.39, 0.29) is 12.1 Å². The molecular formula is C16H18N2O2S. The second-order valence-corrected chi connectivity index (χ2v) is 6.03. The van der Waals surface area contributed by atoms with Gasteiger partial charge < -0.3 is 4.90 Å². The first-order valence-electron chi connectivity index (χ1n) is 7.10. The molecule has 2 amide bonds. The Morgan fingerprint density at radius 2 is 2.14 bits per heavy atom. The summed E-state index contributed by atoms with van der Waals surface area (Å²) in [6.07, 6.45) is 2.06. The van der Waals surface area contributed by atoms with Crippen LogP contribution in [0.4, 0.5) is 4.79 Å². The molecule has 1 aromatic heterocycles. The van der Waals surface area contributed by atoms with Crippen molar-refractivity contribution < 1.29 is 9.63 Å². The van der Waals surface area contributed by atoms with Crippen molar-refractivity contribution in [2.24, 2.45) is 0 Å². The maximum absolute atomic E-state index is 12.2. The van der Waals surface area contributed by atoms with Gasteiger partial charge in [-0.25, -0.2) is 10.3 Å². The van der Waals surface area contributed by atoms with Crippen molar-refractivity contribution in [2.45, 2.75) is 25.5 Å². The van der Waals surface area contributed by atoms with Crippen LogP contribution in [0.15, 0.2) is 47.8 Å². The Bertz CT molecular complexity index is 571. The van der Waals surface area contributed by atoms with Crippen molar-refractivity contribution in [3.05, 3.63) is 58.3 Å². The first-order valence-corrected chi connectivity index (χ1v) is 7.98. The minimum atomic E-state index is -0.151. The van der Waals surface area contributed by atoms with Crippen LogP contribution in [-0.4, -0.2) is 17.5 Å². The van der Waals surface area contributed by atoms with Crippen molar-refractivity contribution in [3.63, 3.8) is 0 Å². The predicted molar refractivity (Wildman–Crippen MR) is 82.8 cm³/mol. The SMILES string of the molecule is O=C(NOCc1ccccc1)N1CCC[C@H]1c1cccs1. The molecule has 5 heteroatoms. The molecule has 1 atom stereocenters. The first kappa shape index (κ1) is 14.1. The van der Waals surface area contributed by atoms with E-state index in [4.69, 9.17) is 4.84 Å². The number of rotatable bonds is 4. The fraction of sp³-hybridized carbons (Fsp3) is 0.312. The zero-order valence-corrected chi connectivity index (χ0v) is 12.5. The first-order chi connectivity index (χ1) is 10.3. The van der Waals surface area contributed by atoms with Crippen LogP contribution >= 0.6 is 11.3 Å². The largest absolute Gasteiger partial charge is 0.341 e. The minimum Gasteiger partial charge on any atom is -0.315 e. The van der Waals surface area contributed by atoms with Gasteiger partial charge in [0.2, 0.25) is 0 Å². The number of hydrogen-bond acceptors (Lipinski definition) is 3. The van der Waals surface area contributed by atoms with E-state index in [2.05, 4.69) is 16.9 Å². The van der Waals surface area contributed by atoms with Crippen LogP contribution < -0.4 is 5.48 Å². The molecule has 110 valence electrons. The van der Waals surface area contributed by atoms with E-state index in [1.165, 1.54) is 4.88 Å². The smallest absolute Gasteiger partial charge is 0.315 e. The zero-order valence-electron chi connectivity index (χ0n) is 11.7. The number of hydrogen-bond donors (Lipinski definition) is 1. The number of carbonyl (C=O) groups excluding carboxylic acids is 1. The Balaban J connectivity index is 1.53. The summed E-state index contributed by atoms with van der Waals surface area (Å²) in [5.74, 6) is 0. The molecule has 1 aliphatic rings. The summed E-state index contributed by atoms with van der Waals surface area (Å²) in [4.78, 5) is 20.7. The standard InChI is InChI=1S/C16H18N2O2S/c19-16(17-20-12-13-6-2-1-3-7-13)18-10-4-8-14(18)15-9-5-11-21-15/h1-3,5-7,9,11,14H,4,8,10,12H2,(H,17,19)/t14-/m0/s1. The van der Waals surface area contributed by atoms with Gasteiger partial charge in [0.15, 0.2) is 0 Å². The molecule has 1 aromatic carbocycles. The van der Waals surface area contributed by atoms with Gasteiger partial charge in [-0.15, -0.1) is 11.3 Å². The van der Waals surface area contributed by atoms with E-state index in [0.29, 0.717) is 6.61 Å². The van der Waals surface area contributed by atoms with Crippen LogP contribution in [0.25, 0.3) is 0 Å². The van der Waals surface area contributed by atoms with Gasteiger partial charge in [-0.3, -0.25) is 4.84 Å². The van der Waals surface area contributed by atoms with Gasteiger partial charge in [0.1, 0.15) is 0 Å². The average Bonchev–Trinajstić information content (AvgIpc) is 3.19. The normalized spacial score (nSPS) is 17.9. The summed E-state index contributed by atoms with van der Waals surface area (Å²) in [6.45, 7) is 1.16. The maximum Gasteiger partial charge on any atom is 0.341 e. The van der Waals surface area contributed by atoms with Crippen LogP contribution in [0.2, 0.25) is 0 Å². The lowest BCUT2D eigenvalue weighted by Crippen LogP contribution is -2.39. The second-order valence-electron chi connectivity index (χ2n) is 5.05. The Kier molecular flexibility index (Phi) is 4.52. The molecule has 0 radical (unpaired) electrons. The number of urea groups is 1. The molecule has 1 saturated heterocycles. The van der Waals surface area contributed by atoms with Crippen molar-refractivity contribution in [3.8, 4) is 0 Å². The summed E-state index contributed by atoms with van der Waals surface area (Å²) in [5.41, 5.74) is 3.59. The lowest BCUT2D eigenvalue weighted by Gasteiger charge is -2.23. The highest BCUT2D eigenvalue weighted by molar-refractivity contribution is 7.10. The van der Waals surface area contributed by atoms with Crippen LogP contribution in [0.5, 0.6) is 0 Å². The Morgan fingerprint density at radius 1 is 1.29 bits per heavy atom. The molecule has 0 unspecified atom stereocenters. The molecule has 1 fully saturated rings. The third-order valence-electron chi connectivity index (χ3n) is 3.63. The number of likely N-dealkylation sites (tertiary alicyclic amines) is 1. The molecule has 0 saturated carbocycles. The minimum absolute atomic E-state index is 0.151. The Hall–Kier alpha value is -1.85. The molecule has 0 aliphatic carbocycles. The quantitative estimate of drug-likeness (QED) is 0.874. The van der Waals surface area contributed by atoms with Crippen molar-refractivity contribution in [1.29, 1.82) is 0 Å². The molecule has 2 heterocycles. The van der Waals surface area contributed by atoms with E-state index in [1.54, 1.807) is 11.3 Å². The van der Waals surface area contributed by atoms with E-state index in [0.717, 1.165) is 24.9 Å². The molecule has 0 spiro atoms. The lowest BCUT2D eigenvalue weighted by molar-refractivity contribution is 0.0352. The number of carbonyl (C=O) groups is 1. The summed E-state index contributed by atoms with van der Waals surface area (Å²) in [7, 11) is 0. The van der Waals surface area contributed by atoms with Gasteiger partial charge >= 0.3 is 6.03 Å². The highest BCUT2D eigenvalue weighted by atomic mass is 32.1. The summed E-state index contributed by atoms with van der Waals surface area (Å²) >= 11 is 1.70. The van der Waals surface area contributed by atoms with Crippen molar-refractivity contribution in [1.82, 2.24) is 10.4 Å². The van der Waals surface area contributed by atoms with Gasteiger partial charge in [0.25, 0.3) is 0 Å². The monoisotopic (exact) mass is 302 g/mol. The number of nitrogens with one attached hydrogen (secondary N) is 1. The molecule has 4 nitrogen and oxygen atoms in total. The Labute approximate surface area is 128 Å². The van der Waals surface area contributed by atoms with Crippen LogP contribution in [0, 0.1) is 0 Å².